The zero-order chi connectivity index (χ0) is 13.2. The number of carbonyl (C=O) groups excluding carboxylic acids is 1. The second kappa shape index (κ2) is 5.49. The Labute approximate surface area is 113 Å². The number of Topliss-reactive ketones (excluding diaryl/α,β-unsaturated/α-hetero) is 1. The third kappa shape index (κ3) is 3.39. The molecule has 1 atom stereocenters. The van der Waals surface area contributed by atoms with E-state index in [1.54, 1.807) is 11.3 Å². The van der Waals surface area contributed by atoms with E-state index in [9.17, 15) is 4.79 Å². The van der Waals surface area contributed by atoms with Crippen LogP contribution in [0.2, 0.25) is 0 Å². The van der Waals surface area contributed by atoms with Crippen LogP contribution in [0, 0.1) is 5.92 Å². The zero-order valence-corrected chi connectivity index (χ0v) is 12.3. The van der Waals surface area contributed by atoms with Crippen molar-refractivity contribution in [3.05, 3.63) is 16.1 Å². The van der Waals surface area contributed by atoms with Crippen molar-refractivity contribution in [3.63, 3.8) is 0 Å². The van der Waals surface area contributed by atoms with Crippen LogP contribution < -0.4 is 5.32 Å². The fraction of sp³-hybridized carbons (Fsp3) is 0.714. The number of nitrogens with one attached hydrogen (secondary N) is 1. The summed E-state index contributed by atoms with van der Waals surface area (Å²) in [5.74, 6) is 0.540. The molecule has 0 saturated carbocycles. The number of ketones is 1. The first kappa shape index (κ1) is 13.7. The SMILES string of the molecule is CC(C)(C)c1csc(CC(=O)C2CCCNC2)n1. The fourth-order valence-corrected chi connectivity index (χ4v) is 3.19. The lowest BCUT2D eigenvalue weighted by molar-refractivity contribution is -0.122. The number of carbonyl (C=O) groups is 1. The minimum Gasteiger partial charge on any atom is -0.316 e. The van der Waals surface area contributed by atoms with Crippen LogP contribution in [-0.2, 0) is 16.6 Å². The van der Waals surface area contributed by atoms with E-state index in [1.807, 2.05) is 0 Å². The summed E-state index contributed by atoms with van der Waals surface area (Å²) in [7, 11) is 0. The van der Waals surface area contributed by atoms with E-state index in [-0.39, 0.29) is 11.3 Å². The van der Waals surface area contributed by atoms with Crippen LogP contribution in [0.3, 0.4) is 0 Å². The molecule has 1 aromatic heterocycles. The Morgan fingerprint density at radius 3 is 2.89 bits per heavy atom. The predicted octanol–water partition coefficient (Wildman–Crippen LogP) is 2.55. The molecule has 0 spiro atoms. The lowest BCUT2D eigenvalue weighted by Crippen LogP contribution is -2.35. The zero-order valence-electron chi connectivity index (χ0n) is 11.5. The molecule has 0 aliphatic carbocycles. The second-order valence-electron chi connectivity index (χ2n) is 6.06. The molecule has 0 aromatic carbocycles. The monoisotopic (exact) mass is 266 g/mol. The first-order chi connectivity index (χ1) is 8.47. The minimum absolute atomic E-state index is 0.0736. The molecule has 1 aliphatic heterocycles. The van der Waals surface area contributed by atoms with Crippen LogP contribution >= 0.6 is 11.3 Å². The lowest BCUT2D eigenvalue weighted by atomic mass is 9.93. The summed E-state index contributed by atoms with van der Waals surface area (Å²) in [5.41, 5.74) is 1.17. The van der Waals surface area contributed by atoms with Crippen LogP contribution in [0.25, 0.3) is 0 Å². The summed E-state index contributed by atoms with van der Waals surface area (Å²) in [4.78, 5) is 16.7. The molecule has 4 heteroatoms. The molecule has 2 rings (SSSR count). The van der Waals surface area contributed by atoms with Gasteiger partial charge in [-0.05, 0) is 19.4 Å². The highest BCUT2D eigenvalue weighted by Gasteiger charge is 2.23. The molecule has 2 heterocycles. The molecule has 1 unspecified atom stereocenters. The lowest BCUT2D eigenvalue weighted by Gasteiger charge is -2.21. The highest BCUT2D eigenvalue weighted by molar-refractivity contribution is 7.09. The molecule has 1 saturated heterocycles. The number of hydrogen-bond donors (Lipinski definition) is 1. The van der Waals surface area contributed by atoms with Crippen molar-refractivity contribution in [2.75, 3.05) is 13.1 Å². The second-order valence-corrected chi connectivity index (χ2v) is 7.01. The van der Waals surface area contributed by atoms with Crippen LogP contribution in [-0.4, -0.2) is 23.9 Å². The topological polar surface area (TPSA) is 42.0 Å². The Bertz CT molecular complexity index is 414. The Balaban J connectivity index is 1.96. The molecule has 18 heavy (non-hydrogen) atoms. The number of hydrogen-bond acceptors (Lipinski definition) is 4. The molecule has 3 nitrogen and oxygen atoms in total. The molecule has 1 aromatic rings. The van der Waals surface area contributed by atoms with E-state index in [4.69, 9.17) is 0 Å². The van der Waals surface area contributed by atoms with E-state index < -0.39 is 0 Å². The van der Waals surface area contributed by atoms with Crippen molar-refractivity contribution in [1.29, 1.82) is 0 Å². The van der Waals surface area contributed by atoms with Gasteiger partial charge in [0.05, 0.1) is 12.1 Å². The normalized spacial score (nSPS) is 20.9. The Morgan fingerprint density at radius 2 is 2.33 bits per heavy atom. The molecule has 1 N–H and O–H groups in total. The van der Waals surface area contributed by atoms with Crippen molar-refractivity contribution >= 4 is 17.1 Å². The van der Waals surface area contributed by atoms with E-state index in [0.717, 1.165) is 36.6 Å². The van der Waals surface area contributed by atoms with Crippen molar-refractivity contribution in [2.24, 2.45) is 5.92 Å². The van der Waals surface area contributed by atoms with Gasteiger partial charge in [0.25, 0.3) is 0 Å². The Hall–Kier alpha value is -0.740. The van der Waals surface area contributed by atoms with Gasteiger partial charge in [-0.1, -0.05) is 20.8 Å². The van der Waals surface area contributed by atoms with E-state index >= 15 is 0 Å². The highest BCUT2D eigenvalue weighted by Crippen LogP contribution is 2.25. The van der Waals surface area contributed by atoms with Gasteiger partial charge < -0.3 is 5.32 Å². The van der Waals surface area contributed by atoms with Gasteiger partial charge in [-0.25, -0.2) is 4.98 Å². The summed E-state index contributed by atoms with van der Waals surface area (Å²) in [6, 6.07) is 0. The van der Waals surface area contributed by atoms with Gasteiger partial charge in [0, 0.05) is 23.3 Å². The molecule has 0 amide bonds. The molecule has 0 bridgehead atoms. The quantitative estimate of drug-likeness (QED) is 0.914. The van der Waals surface area contributed by atoms with Gasteiger partial charge in [-0.15, -0.1) is 11.3 Å². The number of nitrogens with zero attached hydrogens (tertiary/aromatic N) is 1. The summed E-state index contributed by atoms with van der Waals surface area (Å²) in [6.07, 6.45) is 2.65. The summed E-state index contributed by atoms with van der Waals surface area (Å²) in [6.45, 7) is 8.35. The van der Waals surface area contributed by atoms with Crippen LogP contribution in [0.4, 0.5) is 0 Å². The van der Waals surface area contributed by atoms with E-state index in [2.05, 4.69) is 36.5 Å². The molecule has 0 radical (unpaired) electrons. The summed E-state index contributed by atoms with van der Waals surface area (Å²) < 4.78 is 0. The standard InChI is InChI=1S/C14H22N2OS/c1-14(2,3)12-9-18-13(16-12)7-11(17)10-5-4-6-15-8-10/h9-10,15H,4-8H2,1-3H3. The number of thiazole rings is 1. The van der Waals surface area contributed by atoms with Crippen LogP contribution in [0.1, 0.15) is 44.3 Å². The molecular formula is C14H22N2OS. The third-order valence-corrected chi connectivity index (χ3v) is 4.25. The largest absolute Gasteiger partial charge is 0.316 e. The third-order valence-electron chi connectivity index (χ3n) is 3.40. The Morgan fingerprint density at radius 1 is 1.56 bits per heavy atom. The first-order valence-electron chi connectivity index (χ1n) is 6.65. The average Bonchev–Trinajstić information content (AvgIpc) is 2.78. The predicted molar refractivity (Wildman–Crippen MR) is 75.1 cm³/mol. The van der Waals surface area contributed by atoms with E-state index in [1.165, 1.54) is 0 Å². The van der Waals surface area contributed by atoms with Gasteiger partial charge in [0.15, 0.2) is 0 Å². The smallest absolute Gasteiger partial charge is 0.144 e. The maximum Gasteiger partial charge on any atom is 0.144 e. The maximum absolute atomic E-state index is 12.2. The summed E-state index contributed by atoms with van der Waals surface area (Å²) in [5, 5.41) is 6.35. The molecule has 1 fully saturated rings. The number of aromatic nitrogens is 1. The highest BCUT2D eigenvalue weighted by atomic mass is 32.1. The van der Waals surface area contributed by atoms with E-state index in [0.29, 0.717) is 12.2 Å². The number of piperidine rings is 1. The first-order valence-corrected chi connectivity index (χ1v) is 7.53. The van der Waals surface area contributed by atoms with Crippen molar-refractivity contribution in [1.82, 2.24) is 10.3 Å². The molecule has 100 valence electrons. The van der Waals surface area contributed by atoms with Gasteiger partial charge >= 0.3 is 0 Å². The molecule has 1 aliphatic rings. The van der Waals surface area contributed by atoms with Gasteiger partial charge in [-0.3, -0.25) is 4.79 Å². The summed E-state index contributed by atoms with van der Waals surface area (Å²) >= 11 is 1.62. The van der Waals surface area contributed by atoms with Crippen LogP contribution in [0.5, 0.6) is 0 Å². The maximum atomic E-state index is 12.2. The molecular weight excluding hydrogens is 244 g/mol. The average molecular weight is 266 g/mol. The number of rotatable bonds is 3. The van der Waals surface area contributed by atoms with Crippen molar-refractivity contribution < 1.29 is 4.79 Å². The van der Waals surface area contributed by atoms with Crippen molar-refractivity contribution in [2.45, 2.75) is 45.4 Å². The van der Waals surface area contributed by atoms with Crippen molar-refractivity contribution in [3.8, 4) is 0 Å². The fourth-order valence-electron chi connectivity index (χ4n) is 2.16. The van der Waals surface area contributed by atoms with Gasteiger partial charge in [0.1, 0.15) is 10.8 Å². The van der Waals surface area contributed by atoms with Gasteiger partial charge in [-0.2, -0.15) is 0 Å². The Kier molecular flexibility index (Phi) is 4.17. The van der Waals surface area contributed by atoms with Crippen LogP contribution in [0.15, 0.2) is 5.38 Å². The van der Waals surface area contributed by atoms with Gasteiger partial charge in [0.2, 0.25) is 0 Å². The minimum atomic E-state index is 0.0736.